The number of hydrogen-bond acceptors (Lipinski definition) is 5. The van der Waals surface area contributed by atoms with Gasteiger partial charge in [0, 0.05) is 12.6 Å². The SMILES string of the molecule is O=C(O)C1CCCCN1c1ncc([N+](=O)[O-])cc1Br. The largest absolute Gasteiger partial charge is 0.480 e. The molecule has 0 aliphatic carbocycles. The Balaban J connectivity index is 2.34. The predicted octanol–water partition coefficient (Wildman–Crippen LogP) is 2.20. The molecule has 1 aromatic rings. The average Bonchev–Trinajstić information content (AvgIpc) is 2.38. The van der Waals surface area contributed by atoms with E-state index < -0.39 is 16.9 Å². The summed E-state index contributed by atoms with van der Waals surface area (Å²) >= 11 is 3.23. The second kappa shape index (κ2) is 5.52. The molecule has 7 nitrogen and oxygen atoms in total. The summed E-state index contributed by atoms with van der Waals surface area (Å²) in [5.41, 5.74) is -0.125. The highest BCUT2D eigenvalue weighted by molar-refractivity contribution is 9.10. The van der Waals surface area contributed by atoms with Crippen molar-refractivity contribution in [3.63, 3.8) is 0 Å². The van der Waals surface area contributed by atoms with Crippen LogP contribution >= 0.6 is 15.9 Å². The average molecular weight is 330 g/mol. The Hall–Kier alpha value is -1.70. The lowest BCUT2D eigenvalue weighted by molar-refractivity contribution is -0.385. The maximum absolute atomic E-state index is 11.2. The fourth-order valence-corrected chi connectivity index (χ4v) is 2.74. The zero-order valence-corrected chi connectivity index (χ0v) is 11.5. The van der Waals surface area contributed by atoms with Gasteiger partial charge in [-0.05, 0) is 35.2 Å². The third-order valence-electron chi connectivity index (χ3n) is 3.08. The van der Waals surface area contributed by atoms with Crippen molar-refractivity contribution < 1.29 is 14.8 Å². The van der Waals surface area contributed by atoms with E-state index in [1.807, 2.05) is 0 Å². The van der Waals surface area contributed by atoms with Crippen molar-refractivity contribution in [3.05, 3.63) is 26.9 Å². The minimum atomic E-state index is -0.897. The summed E-state index contributed by atoms with van der Waals surface area (Å²) in [5, 5.41) is 19.9. The molecule has 0 amide bonds. The van der Waals surface area contributed by atoms with Crippen LogP contribution in [-0.4, -0.2) is 33.6 Å². The number of carboxylic acids is 1. The van der Waals surface area contributed by atoms with Gasteiger partial charge in [-0.1, -0.05) is 0 Å². The molecule has 1 atom stereocenters. The van der Waals surface area contributed by atoms with Crippen LogP contribution in [0.5, 0.6) is 0 Å². The molecule has 1 fully saturated rings. The third-order valence-corrected chi connectivity index (χ3v) is 3.66. The normalized spacial score (nSPS) is 19.2. The van der Waals surface area contributed by atoms with Crippen LogP contribution in [-0.2, 0) is 4.79 Å². The van der Waals surface area contributed by atoms with Crippen molar-refractivity contribution in [1.29, 1.82) is 0 Å². The maximum Gasteiger partial charge on any atom is 0.326 e. The van der Waals surface area contributed by atoms with E-state index >= 15 is 0 Å². The Morgan fingerprint density at radius 2 is 2.32 bits per heavy atom. The molecule has 0 bridgehead atoms. The fourth-order valence-electron chi connectivity index (χ4n) is 2.17. The molecule has 102 valence electrons. The summed E-state index contributed by atoms with van der Waals surface area (Å²) in [5.74, 6) is -0.454. The van der Waals surface area contributed by atoms with Crippen LogP contribution in [0.2, 0.25) is 0 Å². The van der Waals surface area contributed by atoms with Gasteiger partial charge in [0.1, 0.15) is 18.1 Å². The van der Waals surface area contributed by atoms with Crippen LogP contribution in [0.15, 0.2) is 16.7 Å². The van der Waals surface area contributed by atoms with Crippen LogP contribution in [0.4, 0.5) is 11.5 Å². The number of aromatic nitrogens is 1. The Bertz CT molecular complexity index is 523. The zero-order chi connectivity index (χ0) is 14.0. The summed E-state index contributed by atoms with van der Waals surface area (Å²) in [6.45, 7) is 0.584. The highest BCUT2D eigenvalue weighted by Crippen LogP contribution is 2.31. The molecular weight excluding hydrogens is 318 g/mol. The first-order valence-electron chi connectivity index (χ1n) is 5.80. The number of carboxylic acid groups (broad SMARTS) is 1. The molecule has 2 heterocycles. The third kappa shape index (κ3) is 2.83. The number of rotatable bonds is 3. The topological polar surface area (TPSA) is 96.6 Å². The standard InChI is InChI=1S/C11H12BrN3O4/c12-8-5-7(15(18)19)6-13-10(8)14-4-2-1-3-9(14)11(16)17/h5-6,9H,1-4H2,(H,16,17). The first kappa shape index (κ1) is 13.7. The molecule has 1 N–H and O–H groups in total. The predicted molar refractivity (Wildman–Crippen MR) is 71.2 cm³/mol. The van der Waals surface area contributed by atoms with Crippen molar-refractivity contribution in [3.8, 4) is 0 Å². The van der Waals surface area contributed by atoms with Gasteiger partial charge in [0.15, 0.2) is 0 Å². The van der Waals surface area contributed by atoms with Crippen molar-refractivity contribution in [1.82, 2.24) is 4.98 Å². The summed E-state index contributed by atoms with van der Waals surface area (Å²) in [6.07, 6.45) is 3.45. The molecule has 1 unspecified atom stereocenters. The molecule has 0 radical (unpaired) electrons. The highest BCUT2D eigenvalue weighted by atomic mass is 79.9. The van der Waals surface area contributed by atoms with Gasteiger partial charge < -0.3 is 10.0 Å². The van der Waals surface area contributed by atoms with Gasteiger partial charge in [-0.25, -0.2) is 9.78 Å². The molecule has 0 spiro atoms. The highest BCUT2D eigenvalue weighted by Gasteiger charge is 2.30. The van der Waals surface area contributed by atoms with Crippen LogP contribution in [0.3, 0.4) is 0 Å². The van der Waals surface area contributed by atoms with Crippen molar-refractivity contribution in [2.75, 3.05) is 11.4 Å². The van der Waals surface area contributed by atoms with E-state index in [1.165, 1.54) is 6.07 Å². The minimum absolute atomic E-state index is 0.125. The van der Waals surface area contributed by atoms with Crippen molar-refractivity contribution in [2.24, 2.45) is 0 Å². The number of carbonyl (C=O) groups is 1. The Kier molecular flexibility index (Phi) is 3.98. The lowest BCUT2D eigenvalue weighted by Crippen LogP contribution is -2.45. The molecule has 0 aromatic carbocycles. The molecule has 1 aliphatic heterocycles. The monoisotopic (exact) mass is 329 g/mol. The van der Waals surface area contributed by atoms with Crippen molar-refractivity contribution >= 4 is 33.4 Å². The number of nitrogens with zero attached hydrogens (tertiary/aromatic N) is 3. The minimum Gasteiger partial charge on any atom is -0.480 e. The van der Waals surface area contributed by atoms with Gasteiger partial charge in [-0.15, -0.1) is 0 Å². The second-order valence-electron chi connectivity index (χ2n) is 4.30. The van der Waals surface area contributed by atoms with Crippen LogP contribution in [0, 0.1) is 10.1 Å². The Morgan fingerprint density at radius 1 is 1.58 bits per heavy atom. The van der Waals surface area contributed by atoms with Crippen LogP contribution in [0.25, 0.3) is 0 Å². The molecule has 8 heteroatoms. The number of pyridine rings is 1. The van der Waals surface area contributed by atoms with Gasteiger partial charge in [-0.2, -0.15) is 0 Å². The molecule has 2 rings (SSSR count). The fraction of sp³-hybridized carbons (Fsp3) is 0.455. The van der Waals surface area contributed by atoms with E-state index in [9.17, 15) is 20.0 Å². The number of hydrogen-bond donors (Lipinski definition) is 1. The smallest absolute Gasteiger partial charge is 0.326 e. The summed E-state index contributed by atoms with van der Waals surface area (Å²) in [6, 6.07) is 0.717. The van der Waals surface area contributed by atoms with Gasteiger partial charge in [0.05, 0.1) is 9.40 Å². The molecule has 0 saturated carbocycles. The first-order valence-corrected chi connectivity index (χ1v) is 6.59. The second-order valence-corrected chi connectivity index (χ2v) is 5.15. The molecular formula is C11H12BrN3O4. The lowest BCUT2D eigenvalue weighted by Gasteiger charge is -2.34. The number of piperidine rings is 1. The quantitative estimate of drug-likeness (QED) is 0.674. The number of aliphatic carboxylic acids is 1. The summed E-state index contributed by atoms with van der Waals surface area (Å²) < 4.78 is 0.440. The van der Waals surface area contributed by atoms with E-state index in [4.69, 9.17) is 0 Å². The van der Waals surface area contributed by atoms with Gasteiger partial charge >= 0.3 is 5.97 Å². The van der Waals surface area contributed by atoms with E-state index in [1.54, 1.807) is 4.90 Å². The van der Waals surface area contributed by atoms with Crippen molar-refractivity contribution in [2.45, 2.75) is 25.3 Å². The van der Waals surface area contributed by atoms with E-state index in [2.05, 4.69) is 20.9 Å². The Labute approximate surface area is 117 Å². The van der Waals surface area contributed by atoms with E-state index in [-0.39, 0.29) is 5.69 Å². The molecule has 19 heavy (non-hydrogen) atoms. The maximum atomic E-state index is 11.2. The van der Waals surface area contributed by atoms with Gasteiger partial charge in [0.25, 0.3) is 5.69 Å². The number of halogens is 1. The van der Waals surface area contributed by atoms with E-state index in [0.717, 1.165) is 19.0 Å². The summed E-state index contributed by atoms with van der Waals surface area (Å²) in [4.78, 5) is 27.1. The van der Waals surface area contributed by atoms with E-state index in [0.29, 0.717) is 23.3 Å². The van der Waals surface area contributed by atoms with Crippen LogP contribution in [0.1, 0.15) is 19.3 Å². The lowest BCUT2D eigenvalue weighted by atomic mass is 10.0. The number of nitro groups is 1. The molecule has 1 saturated heterocycles. The Morgan fingerprint density at radius 3 is 2.89 bits per heavy atom. The zero-order valence-electron chi connectivity index (χ0n) is 9.95. The number of anilines is 1. The first-order chi connectivity index (χ1) is 9.00. The van der Waals surface area contributed by atoms with Gasteiger partial charge in [-0.3, -0.25) is 10.1 Å². The van der Waals surface area contributed by atoms with Gasteiger partial charge in [0.2, 0.25) is 0 Å². The summed E-state index contributed by atoms with van der Waals surface area (Å²) in [7, 11) is 0. The molecule has 1 aliphatic rings. The molecule has 1 aromatic heterocycles. The van der Waals surface area contributed by atoms with Crippen LogP contribution < -0.4 is 4.90 Å².